The Morgan fingerprint density at radius 2 is 1.92 bits per heavy atom. The van der Waals surface area contributed by atoms with Gasteiger partial charge in [0.1, 0.15) is 0 Å². The van der Waals surface area contributed by atoms with Crippen LogP contribution < -0.4 is 5.32 Å². The minimum absolute atomic E-state index is 0.141. The third-order valence-electron chi connectivity index (χ3n) is 3.87. The lowest BCUT2D eigenvalue weighted by atomic mass is 9.88. The lowest BCUT2D eigenvalue weighted by Gasteiger charge is -2.20. The van der Waals surface area contributed by atoms with E-state index in [9.17, 15) is 24.8 Å². The fourth-order valence-electron chi connectivity index (χ4n) is 2.59. The molecule has 2 N–H and O–H groups in total. The Hall–Kier alpha value is -2.58. The Morgan fingerprint density at radius 3 is 2.54 bits per heavy atom. The van der Waals surface area contributed by atoms with E-state index in [2.05, 4.69) is 21.2 Å². The van der Waals surface area contributed by atoms with Gasteiger partial charge in [0.05, 0.1) is 11.3 Å². The Labute approximate surface area is 144 Å². The summed E-state index contributed by atoms with van der Waals surface area (Å²) in [5.41, 5.74) is -1.17. The van der Waals surface area contributed by atoms with Crippen LogP contribution in [-0.4, -0.2) is 21.7 Å². The van der Waals surface area contributed by atoms with Crippen LogP contribution in [0.1, 0.15) is 22.3 Å². The fraction of sp³-hybridized carbons (Fsp3) is 0.125. The largest absolute Gasteiger partial charge is 0.375 e. The van der Waals surface area contributed by atoms with Crippen molar-refractivity contribution in [3.8, 4) is 0 Å². The quantitative estimate of drug-likeness (QED) is 0.473. The molecular formula is C16H11BrN2O5. The maximum Gasteiger partial charge on any atom is 0.269 e. The highest BCUT2D eigenvalue weighted by molar-refractivity contribution is 9.10. The van der Waals surface area contributed by atoms with Gasteiger partial charge in [-0.15, -0.1) is 0 Å². The van der Waals surface area contributed by atoms with E-state index < -0.39 is 28.6 Å². The van der Waals surface area contributed by atoms with Crippen LogP contribution in [0.4, 0.5) is 11.4 Å². The second-order valence-electron chi connectivity index (χ2n) is 5.41. The predicted octanol–water partition coefficient (Wildman–Crippen LogP) is 2.77. The molecule has 1 aliphatic heterocycles. The number of amides is 1. The Kier molecular flexibility index (Phi) is 3.94. The molecule has 3 rings (SSSR count). The Balaban J connectivity index is 1.90. The standard InChI is InChI=1S/C16H11BrN2O5/c17-10-3-6-13-12(7-10)16(22,15(21)18-13)8-14(20)9-1-4-11(5-2-9)19(23)24/h1-7,22H,8H2,(H,18,21)/t16-/m1/s1. The third-order valence-corrected chi connectivity index (χ3v) is 4.36. The minimum Gasteiger partial charge on any atom is -0.375 e. The first kappa shape index (κ1) is 16.3. The highest BCUT2D eigenvalue weighted by Gasteiger charge is 2.46. The normalized spacial score (nSPS) is 18.8. The summed E-state index contributed by atoms with van der Waals surface area (Å²) in [6.07, 6.45) is -0.458. The van der Waals surface area contributed by atoms with Crippen LogP contribution >= 0.6 is 15.9 Å². The molecule has 24 heavy (non-hydrogen) atoms. The van der Waals surface area contributed by atoms with E-state index in [1.165, 1.54) is 24.3 Å². The van der Waals surface area contributed by atoms with Crippen molar-refractivity contribution in [2.75, 3.05) is 5.32 Å². The van der Waals surface area contributed by atoms with Gasteiger partial charge in [-0.25, -0.2) is 0 Å². The molecule has 0 radical (unpaired) electrons. The second-order valence-corrected chi connectivity index (χ2v) is 6.32. The summed E-state index contributed by atoms with van der Waals surface area (Å²) in [4.78, 5) is 34.6. The van der Waals surface area contributed by atoms with E-state index in [-0.39, 0.29) is 11.3 Å². The van der Waals surface area contributed by atoms with E-state index in [0.717, 1.165) is 0 Å². The number of carbonyl (C=O) groups excluding carboxylic acids is 2. The van der Waals surface area contributed by atoms with Crippen molar-refractivity contribution in [2.24, 2.45) is 0 Å². The van der Waals surface area contributed by atoms with Gasteiger partial charge in [0.2, 0.25) is 0 Å². The number of nitro benzene ring substituents is 1. The van der Waals surface area contributed by atoms with Gasteiger partial charge in [-0.2, -0.15) is 0 Å². The van der Waals surface area contributed by atoms with Gasteiger partial charge in [-0.05, 0) is 30.3 Å². The van der Waals surface area contributed by atoms with Crippen molar-refractivity contribution < 1.29 is 19.6 Å². The number of nitro groups is 1. The molecule has 0 aromatic heterocycles. The van der Waals surface area contributed by atoms with Crippen LogP contribution in [0.15, 0.2) is 46.9 Å². The number of ketones is 1. The number of anilines is 1. The highest BCUT2D eigenvalue weighted by atomic mass is 79.9. The molecule has 0 saturated heterocycles. The molecule has 2 aromatic rings. The Morgan fingerprint density at radius 1 is 1.25 bits per heavy atom. The summed E-state index contributed by atoms with van der Waals surface area (Å²) in [6, 6.07) is 9.94. The maximum atomic E-state index is 12.4. The van der Waals surface area contributed by atoms with Gasteiger partial charge in [0.25, 0.3) is 11.6 Å². The molecule has 2 aromatic carbocycles. The lowest BCUT2D eigenvalue weighted by molar-refractivity contribution is -0.384. The first-order valence-corrected chi connectivity index (χ1v) is 7.72. The van der Waals surface area contributed by atoms with Crippen LogP contribution in [0.5, 0.6) is 0 Å². The average Bonchev–Trinajstić information content (AvgIpc) is 2.78. The third kappa shape index (κ3) is 2.70. The molecule has 1 amide bonds. The second kappa shape index (κ2) is 5.81. The van der Waals surface area contributed by atoms with E-state index in [4.69, 9.17) is 0 Å². The van der Waals surface area contributed by atoms with Crippen LogP contribution in [0.3, 0.4) is 0 Å². The molecule has 1 aliphatic rings. The molecule has 0 bridgehead atoms. The first-order valence-electron chi connectivity index (χ1n) is 6.93. The number of Topliss-reactive ketones (excluding diaryl/α,β-unsaturated/α-hetero) is 1. The van der Waals surface area contributed by atoms with Gasteiger partial charge in [-0.3, -0.25) is 19.7 Å². The number of nitrogens with one attached hydrogen (secondary N) is 1. The van der Waals surface area contributed by atoms with Crippen molar-refractivity contribution >= 4 is 39.0 Å². The first-order chi connectivity index (χ1) is 11.3. The van der Waals surface area contributed by atoms with Crippen molar-refractivity contribution in [3.63, 3.8) is 0 Å². The maximum absolute atomic E-state index is 12.4. The summed E-state index contributed by atoms with van der Waals surface area (Å²) in [5, 5.41) is 23.9. The number of rotatable bonds is 4. The number of nitrogens with zero attached hydrogens (tertiary/aromatic N) is 1. The van der Waals surface area contributed by atoms with Gasteiger partial charge < -0.3 is 10.4 Å². The number of hydrogen-bond acceptors (Lipinski definition) is 5. The van der Waals surface area contributed by atoms with E-state index in [0.29, 0.717) is 15.7 Å². The van der Waals surface area contributed by atoms with Crippen LogP contribution in [-0.2, 0) is 10.4 Å². The summed E-state index contributed by atoms with van der Waals surface area (Å²) in [5.74, 6) is -1.17. The summed E-state index contributed by atoms with van der Waals surface area (Å²) >= 11 is 3.27. The molecule has 0 spiro atoms. The number of hydrogen-bond donors (Lipinski definition) is 2. The number of non-ortho nitro benzene ring substituents is 1. The van der Waals surface area contributed by atoms with Crippen molar-refractivity contribution in [3.05, 3.63) is 68.2 Å². The zero-order chi connectivity index (χ0) is 17.5. The number of benzene rings is 2. The van der Waals surface area contributed by atoms with Crippen molar-refractivity contribution in [2.45, 2.75) is 12.0 Å². The van der Waals surface area contributed by atoms with Crippen LogP contribution in [0, 0.1) is 10.1 Å². The van der Waals surface area contributed by atoms with Gasteiger partial charge in [0, 0.05) is 33.4 Å². The SMILES string of the molecule is O=C(C[C@]1(O)C(=O)Nc2ccc(Br)cc21)c1ccc([N+](=O)[O-])cc1. The number of fused-ring (bicyclic) bond motifs is 1. The summed E-state index contributed by atoms with van der Waals surface area (Å²) < 4.78 is 0.666. The highest BCUT2D eigenvalue weighted by Crippen LogP contribution is 2.40. The van der Waals surface area contributed by atoms with Crippen LogP contribution in [0.25, 0.3) is 0 Å². The molecule has 0 saturated carbocycles. The number of aliphatic hydroxyl groups is 1. The summed E-state index contributed by atoms with van der Waals surface area (Å²) in [7, 11) is 0. The molecule has 0 unspecified atom stereocenters. The predicted molar refractivity (Wildman–Crippen MR) is 88.7 cm³/mol. The number of halogens is 1. The van der Waals surface area contributed by atoms with Crippen molar-refractivity contribution in [1.82, 2.24) is 0 Å². The van der Waals surface area contributed by atoms with Gasteiger partial charge in [0.15, 0.2) is 11.4 Å². The zero-order valence-electron chi connectivity index (χ0n) is 12.2. The van der Waals surface area contributed by atoms with Gasteiger partial charge in [-0.1, -0.05) is 15.9 Å². The average molecular weight is 391 g/mol. The molecule has 122 valence electrons. The molecule has 7 nitrogen and oxygen atoms in total. The summed E-state index contributed by atoms with van der Waals surface area (Å²) in [6.45, 7) is 0. The Bertz CT molecular complexity index is 865. The van der Waals surface area contributed by atoms with Crippen LogP contribution in [0.2, 0.25) is 0 Å². The molecule has 0 aliphatic carbocycles. The lowest BCUT2D eigenvalue weighted by Crippen LogP contribution is -2.36. The molecule has 1 atom stereocenters. The monoisotopic (exact) mass is 390 g/mol. The van der Waals surface area contributed by atoms with E-state index >= 15 is 0 Å². The number of carbonyl (C=O) groups is 2. The van der Waals surface area contributed by atoms with Crippen molar-refractivity contribution in [1.29, 1.82) is 0 Å². The van der Waals surface area contributed by atoms with E-state index in [1.807, 2.05) is 0 Å². The fourth-order valence-corrected chi connectivity index (χ4v) is 2.96. The van der Waals surface area contributed by atoms with E-state index in [1.54, 1.807) is 18.2 Å². The molecular weight excluding hydrogens is 380 g/mol. The van der Waals surface area contributed by atoms with Gasteiger partial charge >= 0.3 is 0 Å². The zero-order valence-corrected chi connectivity index (χ0v) is 13.7. The molecule has 0 fully saturated rings. The topological polar surface area (TPSA) is 110 Å². The molecule has 8 heteroatoms. The molecule has 1 heterocycles. The smallest absolute Gasteiger partial charge is 0.269 e. The minimum atomic E-state index is -1.97.